The zero-order valence-corrected chi connectivity index (χ0v) is 13.6. The minimum atomic E-state index is -0.643. The SMILES string of the molecule is C[C@@H](O)c1ccc(-c2cnc3[nH]cc(/C=C/C(N)=O)c3n2)cc1Cl. The number of hydrogen-bond acceptors (Lipinski definition) is 4. The van der Waals surface area contributed by atoms with E-state index in [1.165, 1.54) is 6.08 Å². The van der Waals surface area contributed by atoms with Crippen molar-refractivity contribution in [1.29, 1.82) is 0 Å². The first-order valence-corrected chi connectivity index (χ1v) is 7.63. The van der Waals surface area contributed by atoms with E-state index in [4.69, 9.17) is 17.3 Å². The van der Waals surface area contributed by atoms with Crippen LogP contribution in [-0.2, 0) is 4.79 Å². The van der Waals surface area contributed by atoms with E-state index >= 15 is 0 Å². The number of hydrogen-bond donors (Lipinski definition) is 3. The van der Waals surface area contributed by atoms with E-state index in [0.717, 1.165) is 5.56 Å². The molecule has 4 N–H and O–H groups in total. The molecule has 0 aliphatic heterocycles. The highest BCUT2D eigenvalue weighted by Gasteiger charge is 2.11. The van der Waals surface area contributed by atoms with Gasteiger partial charge in [-0.1, -0.05) is 23.7 Å². The number of H-pyrrole nitrogens is 1. The first kappa shape index (κ1) is 16.2. The molecule has 0 radical (unpaired) electrons. The smallest absolute Gasteiger partial charge is 0.241 e. The highest BCUT2D eigenvalue weighted by atomic mass is 35.5. The van der Waals surface area contributed by atoms with Gasteiger partial charge >= 0.3 is 0 Å². The summed E-state index contributed by atoms with van der Waals surface area (Å²) in [6, 6.07) is 5.33. The van der Waals surface area contributed by atoms with Crippen LogP contribution in [0.1, 0.15) is 24.2 Å². The van der Waals surface area contributed by atoms with Crippen molar-refractivity contribution in [2.45, 2.75) is 13.0 Å². The third kappa shape index (κ3) is 3.15. The number of benzene rings is 1. The van der Waals surface area contributed by atoms with Crippen molar-refractivity contribution >= 4 is 34.7 Å². The van der Waals surface area contributed by atoms with Crippen LogP contribution in [0.4, 0.5) is 0 Å². The largest absolute Gasteiger partial charge is 0.389 e. The van der Waals surface area contributed by atoms with Gasteiger partial charge in [-0.15, -0.1) is 0 Å². The number of fused-ring (bicyclic) bond motifs is 1. The molecule has 0 saturated heterocycles. The Bertz CT molecular complexity index is 947. The Kier molecular flexibility index (Phi) is 4.33. The molecule has 7 heteroatoms. The van der Waals surface area contributed by atoms with Crippen molar-refractivity contribution in [1.82, 2.24) is 15.0 Å². The van der Waals surface area contributed by atoms with Crippen LogP contribution < -0.4 is 5.73 Å². The number of nitrogens with two attached hydrogens (primary N) is 1. The van der Waals surface area contributed by atoms with E-state index in [-0.39, 0.29) is 0 Å². The van der Waals surface area contributed by atoms with Crippen LogP contribution in [-0.4, -0.2) is 26.0 Å². The lowest BCUT2D eigenvalue weighted by molar-refractivity contribution is -0.113. The summed E-state index contributed by atoms with van der Waals surface area (Å²) in [6.07, 6.45) is 5.55. The second kappa shape index (κ2) is 6.43. The molecule has 3 rings (SSSR count). The summed E-state index contributed by atoms with van der Waals surface area (Å²) >= 11 is 6.21. The Morgan fingerprint density at radius 3 is 2.92 bits per heavy atom. The molecular formula is C17H15ClN4O2. The Balaban J connectivity index is 2.06. The van der Waals surface area contributed by atoms with Crippen LogP contribution in [0.2, 0.25) is 5.02 Å². The number of aromatic nitrogens is 3. The predicted molar refractivity (Wildman–Crippen MR) is 93.2 cm³/mol. The number of aromatic amines is 1. The highest BCUT2D eigenvalue weighted by molar-refractivity contribution is 6.31. The highest BCUT2D eigenvalue weighted by Crippen LogP contribution is 2.29. The Morgan fingerprint density at radius 2 is 2.25 bits per heavy atom. The maximum absolute atomic E-state index is 10.9. The number of halogens is 1. The van der Waals surface area contributed by atoms with E-state index in [1.54, 1.807) is 37.5 Å². The summed E-state index contributed by atoms with van der Waals surface area (Å²) in [5.74, 6) is -0.533. The lowest BCUT2D eigenvalue weighted by Gasteiger charge is -2.09. The van der Waals surface area contributed by atoms with Gasteiger partial charge in [-0.3, -0.25) is 4.79 Å². The van der Waals surface area contributed by atoms with E-state index in [1.807, 2.05) is 6.07 Å². The lowest BCUT2D eigenvalue weighted by atomic mass is 10.1. The summed E-state index contributed by atoms with van der Waals surface area (Å²) in [6.45, 7) is 1.66. The minimum Gasteiger partial charge on any atom is -0.389 e. The fourth-order valence-corrected chi connectivity index (χ4v) is 2.71. The molecule has 0 fully saturated rings. The summed E-state index contributed by atoms with van der Waals surface area (Å²) in [5.41, 5.74) is 9.14. The molecule has 0 aliphatic carbocycles. The summed E-state index contributed by atoms with van der Waals surface area (Å²) in [5, 5.41) is 10.1. The molecule has 0 unspecified atom stereocenters. The number of primary amides is 1. The zero-order valence-electron chi connectivity index (χ0n) is 12.8. The van der Waals surface area contributed by atoms with Gasteiger partial charge in [-0.05, 0) is 24.6 Å². The molecule has 2 heterocycles. The number of carbonyl (C=O) groups is 1. The number of amides is 1. The normalized spacial score (nSPS) is 12.8. The van der Waals surface area contributed by atoms with Crippen molar-refractivity contribution in [3.05, 3.63) is 52.8 Å². The van der Waals surface area contributed by atoms with Gasteiger partial charge in [0.2, 0.25) is 5.91 Å². The van der Waals surface area contributed by atoms with E-state index < -0.39 is 12.0 Å². The molecular weight excluding hydrogens is 328 g/mol. The number of rotatable bonds is 4. The Labute approximate surface area is 143 Å². The summed E-state index contributed by atoms with van der Waals surface area (Å²) in [7, 11) is 0. The molecule has 122 valence electrons. The molecule has 1 atom stereocenters. The fraction of sp³-hybridized carbons (Fsp3) is 0.118. The molecule has 0 bridgehead atoms. The van der Waals surface area contributed by atoms with Gasteiger partial charge in [0.05, 0.1) is 18.0 Å². The molecule has 1 aromatic carbocycles. The van der Waals surface area contributed by atoms with Gasteiger partial charge in [0.25, 0.3) is 0 Å². The molecule has 0 saturated carbocycles. The second-order valence-electron chi connectivity index (χ2n) is 5.34. The molecule has 0 aliphatic rings. The van der Waals surface area contributed by atoms with Gasteiger partial charge < -0.3 is 15.8 Å². The molecule has 6 nitrogen and oxygen atoms in total. The van der Waals surface area contributed by atoms with E-state index in [2.05, 4.69) is 15.0 Å². The first-order valence-electron chi connectivity index (χ1n) is 7.25. The van der Waals surface area contributed by atoms with Crippen molar-refractivity contribution in [3.63, 3.8) is 0 Å². The Morgan fingerprint density at radius 1 is 1.46 bits per heavy atom. The van der Waals surface area contributed by atoms with E-state index in [0.29, 0.717) is 33.0 Å². The van der Waals surface area contributed by atoms with Crippen LogP contribution in [0.25, 0.3) is 28.5 Å². The maximum Gasteiger partial charge on any atom is 0.241 e. The number of aliphatic hydroxyl groups is 1. The second-order valence-corrected chi connectivity index (χ2v) is 5.75. The van der Waals surface area contributed by atoms with Gasteiger partial charge in [0, 0.05) is 28.4 Å². The topological polar surface area (TPSA) is 105 Å². The fourth-order valence-electron chi connectivity index (χ4n) is 2.37. The standard InChI is InChI=1S/C17H15ClN4O2/c1-9(23)12-4-2-10(6-13(12)18)14-8-21-17-16(22-14)11(7-20-17)3-5-15(19)24/h2-9,23H,1H3,(H2,19,24)(H,20,21)/b5-3+/t9-/m1/s1. The van der Waals surface area contributed by atoms with Crippen molar-refractivity contribution < 1.29 is 9.90 Å². The number of aliphatic hydroxyl groups excluding tert-OH is 1. The van der Waals surface area contributed by atoms with Crippen molar-refractivity contribution in [3.8, 4) is 11.3 Å². The first-order chi connectivity index (χ1) is 11.5. The van der Waals surface area contributed by atoms with Gasteiger partial charge in [-0.2, -0.15) is 0 Å². The molecule has 3 aromatic rings. The number of nitrogens with one attached hydrogen (secondary N) is 1. The third-order valence-electron chi connectivity index (χ3n) is 3.58. The average molecular weight is 343 g/mol. The average Bonchev–Trinajstić information content (AvgIpc) is 2.94. The quantitative estimate of drug-likeness (QED) is 0.634. The summed E-state index contributed by atoms with van der Waals surface area (Å²) in [4.78, 5) is 22.8. The Hall–Kier alpha value is -2.70. The van der Waals surface area contributed by atoms with Crippen LogP contribution in [0, 0.1) is 0 Å². The van der Waals surface area contributed by atoms with Gasteiger partial charge in [0.15, 0.2) is 5.65 Å². The number of nitrogens with zero attached hydrogens (tertiary/aromatic N) is 2. The van der Waals surface area contributed by atoms with Gasteiger partial charge in [0.1, 0.15) is 5.52 Å². The molecule has 2 aromatic heterocycles. The minimum absolute atomic E-state index is 0.465. The number of carbonyl (C=O) groups excluding carboxylic acids is 1. The van der Waals surface area contributed by atoms with Crippen LogP contribution in [0.3, 0.4) is 0 Å². The molecule has 1 amide bonds. The van der Waals surface area contributed by atoms with Gasteiger partial charge in [-0.25, -0.2) is 9.97 Å². The van der Waals surface area contributed by atoms with Crippen molar-refractivity contribution in [2.75, 3.05) is 0 Å². The predicted octanol–water partition coefficient (Wildman–Crippen LogP) is 2.83. The third-order valence-corrected chi connectivity index (χ3v) is 3.91. The summed E-state index contributed by atoms with van der Waals surface area (Å²) < 4.78 is 0. The lowest BCUT2D eigenvalue weighted by Crippen LogP contribution is -2.05. The van der Waals surface area contributed by atoms with Crippen molar-refractivity contribution in [2.24, 2.45) is 5.73 Å². The van der Waals surface area contributed by atoms with Crippen LogP contribution >= 0.6 is 11.6 Å². The molecule has 0 spiro atoms. The monoisotopic (exact) mass is 342 g/mol. The van der Waals surface area contributed by atoms with Crippen LogP contribution in [0.5, 0.6) is 0 Å². The molecule has 24 heavy (non-hydrogen) atoms. The van der Waals surface area contributed by atoms with E-state index in [9.17, 15) is 9.90 Å². The van der Waals surface area contributed by atoms with Crippen LogP contribution in [0.15, 0.2) is 36.7 Å². The maximum atomic E-state index is 10.9. The zero-order chi connectivity index (χ0) is 17.3.